The molecule has 0 radical (unpaired) electrons. The Bertz CT molecular complexity index is 909. The van der Waals surface area contributed by atoms with E-state index >= 15 is 0 Å². The molecule has 7 heteroatoms. The van der Waals surface area contributed by atoms with Crippen LogP contribution in [0.15, 0.2) is 30.4 Å². The Morgan fingerprint density at radius 3 is 2.52 bits per heavy atom. The number of rotatable bonds is 8. The summed E-state index contributed by atoms with van der Waals surface area (Å²) in [6.07, 6.45) is 8.71. The van der Waals surface area contributed by atoms with Gasteiger partial charge in [-0.1, -0.05) is 17.7 Å². The van der Waals surface area contributed by atoms with Crippen molar-refractivity contribution < 1.29 is 19.2 Å². The zero-order valence-corrected chi connectivity index (χ0v) is 17.1. The number of aryl methyl sites for hydroxylation is 1. The van der Waals surface area contributed by atoms with Crippen LogP contribution in [0.4, 0.5) is 4.79 Å². The number of allylic oxidation sites excluding steroid dienone is 2. The predicted molar refractivity (Wildman–Crippen MR) is 108 cm³/mol. The third kappa shape index (κ3) is 4.09. The molecule has 1 fully saturated rings. The van der Waals surface area contributed by atoms with Crippen LogP contribution in [0.25, 0.3) is 0 Å². The lowest BCUT2D eigenvalue weighted by molar-refractivity contribution is -0.143. The highest BCUT2D eigenvalue weighted by Crippen LogP contribution is 2.23. The maximum atomic E-state index is 12.8. The van der Waals surface area contributed by atoms with Gasteiger partial charge in [0.15, 0.2) is 5.78 Å². The van der Waals surface area contributed by atoms with Gasteiger partial charge in [-0.05, 0) is 52.0 Å². The van der Waals surface area contributed by atoms with Crippen molar-refractivity contribution in [2.24, 2.45) is 0 Å². The highest BCUT2D eigenvalue weighted by molar-refractivity contribution is 6.45. The Hall–Kier alpha value is -2.96. The maximum absolute atomic E-state index is 12.8. The van der Waals surface area contributed by atoms with Gasteiger partial charge in [-0.3, -0.25) is 19.3 Å². The van der Waals surface area contributed by atoms with Crippen molar-refractivity contribution in [3.8, 4) is 0 Å². The summed E-state index contributed by atoms with van der Waals surface area (Å²) in [5.74, 6) is -2.14. The summed E-state index contributed by atoms with van der Waals surface area (Å²) in [5.41, 5.74) is 3.30. The van der Waals surface area contributed by atoms with Gasteiger partial charge in [0.05, 0.1) is 6.54 Å². The first-order chi connectivity index (χ1) is 13.8. The normalized spacial score (nSPS) is 17.2. The van der Waals surface area contributed by atoms with E-state index in [1.807, 2.05) is 18.4 Å². The summed E-state index contributed by atoms with van der Waals surface area (Å²) in [6, 6.07) is 1.03. The molecule has 0 bridgehead atoms. The summed E-state index contributed by atoms with van der Waals surface area (Å²) < 4.78 is 1.93. The fourth-order valence-corrected chi connectivity index (χ4v) is 4.00. The van der Waals surface area contributed by atoms with Crippen LogP contribution in [-0.2, 0) is 16.1 Å². The molecule has 0 unspecified atom stereocenters. The Morgan fingerprint density at radius 2 is 1.86 bits per heavy atom. The zero-order valence-electron chi connectivity index (χ0n) is 17.1. The second-order valence-electron chi connectivity index (χ2n) is 7.60. The van der Waals surface area contributed by atoms with Crippen molar-refractivity contribution >= 4 is 23.6 Å². The van der Waals surface area contributed by atoms with E-state index in [4.69, 9.17) is 0 Å². The lowest BCUT2D eigenvalue weighted by atomic mass is 9.97. The average molecular weight is 397 g/mol. The van der Waals surface area contributed by atoms with Crippen LogP contribution in [-0.4, -0.2) is 51.1 Å². The molecule has 1 aliphatic heterocycles. The number of hydrogen-bond acceptors (Lipinski definition) is 4. The van der Waals surface area contributed by atoms with E-state index in [1.54, 1.807) is 12.1 Å². The van der Waals surface area contributed by atoms with E-state index in [0.29, 0.717) is 18.5 Å². The van der Waals surface area contributed by atoms with Crippen molar-refractivity contribution in [2.45, 2.75) is 52.5 Å². The third-order valence-corrected chi connectivity index (χ3v) is 5.66. The minimum absolute atomic E-state index is 0.174. The Labute approximate surface area is 170 Å². The smallest absolute Gasteiger partial charge is 0.334 e. The Kier molecular flexibility index (Phi) is 6.15. The van der Waals surface area contributed by atoms with Crippen LogP contribution in [0.2, 0.25) is 0 Å². The highest BCUT2D eigenvalue weighted by Gasteiger charge is 2.45. The second kappa shape index (κ2) is 8.59. The van der Waals surface area contributed by atoms with E-state index in [9.17, 15) is 19.2 Å². The van der Waals surface area contributed by atoms with E-state index in [1.165, 1.54) is 5.57 Å². The number of urea groups is 1. The topological polar surface area (TPSA) is 79.7 Å². The first kappa shape index (κ1) is 20.8. The van der Waals surface area contributed by atoms with E-state index in [-0.39, 0.29) is 12.3 Å². The molecule has 1 aromatic rings. The molecule has 1 aromatic heterocycles. The number of carbonyl (C=O) groups is 4. The number of nitrogens with zero attached hydrogens (tertiary/aromatic N) is 3. The lowest BCUT2D eigenvalue weighted by Gasteiger charge is -2.17. The number of aromatic nitrogens is 1. The van der Waals surface area contributed by atoms with Crippen LogP contribution >= 0.6 is 0 Å². The van der Waals surface area contributed by atoms with Crippen molar-refractivity contribution in [3.63, 3.8) is 0 Å². The molecule has 0 spiro atoms. The largest absolute Gasteiger partial charge is 0.345 e. The van der Waals surface area contributed by atoms with Crippen molar-refractivity contribution in [1.29, 1.82) is 0 Å². The van der Waals surface area contributed by atoms with E-state index < -0.39 is 24.4 Å². The molecule has 4 amide bonds. The molecule has 1 aliphatic carbocycles. The van der Waals surface area contributed by atoms with Gasteiger partial charge >= 0.3 is 17.8 Å². The monoisotopic (exact) mass is 397 g/mol. The summed E-state index contributed by atoms with van der Waals surface area (Å²) in [7, 11) is 0. The Balaban J connectivity index is 1.70. The number of hydrogen-bond donors (Lipinski definition) is 0. The molecule has 2 aliphatic rings. The molecule has 0 atom stereocenters. The molecule has 29 heavy (non-hydrogen) atoms. The van der Waals surface area contributed by atoms with Gasteiger partial charge in [0, 0.05) is 30.0 Å². The first-order valence-corrected chi connectivity index (χ1v) is 10.0. The summed E-state index contributed by atoms with van der Waals surface area (Å²) in [6.45, 7) is 7.71. The molecule has 0 saturated carbocycles. The second-order valence-corrected chi connectivity index (χ2v) is 7.60. The maximum Gasteiger partial charge on any atom is 0.334 e. The van der Waals surface area contributed by atoms with Crippen LogP contribution in [0.3, 0.4) is 0 Å². The Morgan fingerprint density at radius 1 is 1.14 bits per heavy atom. The molecular formula is C22H27N3O4. The minimum Gasteiger partial charge on any atom is -0.345 e. The predicted octanol–water partition coefficient (Wildman–Crippen LogP) is 3.15. The van der Waals surface area contributed by atoms with Crippen LogP contribution < -0.4 is 0 Å². The van der Waals surface area contributed by atoms with Gasteiger partial charge in [-0.15, -0.1) is 6.58 Å². The zero-order chi connectivity index (χ0) is 21.1. The minimum atomic E-state index is -0.930. The van der Waals surface area contributed by atoms with Gasteiger partial charge in [0.2, 0.25) is 0 Å². The molecule has 154 valence electrons. The molecule has 0 aromatic carbocycles. The van der Waals surface area contributed by atoms with E-state index in [2.05, 4.69) is 12.7 Å². The molecule has 1 saturated heterocycles. The number of Topliss-reactive ketones (excluding diaryl/α,β-unsaturated/α-hetero) is 1. The molecule has 7 nitrogen and oxygen atoms in total. The van der Waals surface area contributed by atoms with Gasteiger partial charge in [0.25, 0.3) is 0 Å². The number of ketones is 1. The van der Waals surface area contributed by atoms with Crippen LogP contribution in [0.1, 0.15) is 53.8 Å². The molecular weight excluding hydrogens is 370 g/mol. The van der Waals surface area contributed by atoms with Crippen LogP contribution in [0.5, 0.6) is 0 Å². The lowest BCUT2D eigenvalue weighted by Crippen LogP contribution is -2.37. The molecule has 2 heterocycles. The number of amides is 4. The van der Waals surface area contributed by atoms with Gasteiger partial charge in [-0.2, -0.15) is 0 Å². The average Bonchev–Trinajstić information content (AvgIpc) is 3.10. The standard InChI is InChI=1S/C22H27N3O4/c1-4-11-23-15(2)13-18(16(23)3)19(26)14-25-21(28)20(27)24(22(25)29)12-10-17-8-6-5-7-9-17/h4,8,13H,1,5-7,9-12,14H2,2-3H3. The fourth-order valence-electron chi connectivity index (χ4n) is 4.00. The highest BCUT2D eigenvalue weighted by atomic mass is 16.2. The van der Waals surface area contributed by atoms with Crippen LogP contribution in [0, 0.1) is 13.8 Å². The summed E-state index contributed by atoms with van der Waals surface area (Å²) >= 11 is 0. The third-order valence-electron chi connectivity index (χ3n) is 5.66. The van der Waals surface area contributed by atoms with Gasteiger partial charge in [-0.25, -0.2) is 9.69 Å². The molecule has 0 N–H and O–H groups in total. The van der Waals surface area contributed by atoms with Crippen molar-refractivity contribution in [3.05, 3.63) is 47.3 Å². The SMILES string of the molecule is C=CCn1c(C)cc(C(=O)CN2C(=O)C(=O)N(CCC3=CCCCC3)C2=O)c1C. The van der Waals surface area contributed by atoms with Gasteiger partial charge < -0.3 is 4.57 Å². The molecule has 3 rings (SSSR count). The quantitative estimate of drug-likeness (QED) is 0.292. The fraction of sp³-hybridized carbons (Fsp3) is 0.455. The number of carbonyl (C=O) groups excluding carboxylic acids is 4. The van der Waals surface area contributed by atoms with Crippen molar-refractivity contribution in [1.82, 2.24) is 14.4 Å². The first-order valence-electron chi connectivity index (χ1n) is 10.0. The summed E-state index contributed by atoms with van der Waals surface area (Å²) in [4.78, 5) is 51.8. The summed E-state index contributed by atoms with van der Waals surface area (Å²) in [5, 5.41) is 0. The van der Waals surface area contributed by atoms with Crippen molar-refractivity contribution in [2.75, 3.05) is 13.1 Å². The van der Waals surface area contributed by atoms with E-state index in [0.717, 1.165) is 46.9 Å². The van der Waals surface area contributed by atoms with Gasteiger partial charge in [0.1, 0.15) is 0 Å². The number of imide groups is 2.